The number of aliphatic hydroxyl groups is 1. The highest BCUT2D eigenvalue weighted by molar-refractivity contribution is 8.00. The molecule has 1 N–H and O–H groups in total. The van der Waals surface area contributed by atoms with Crippen molar-refractivity contribution >= 4 is 36.6 Å². The number of halogens is 5. The predicted octanol–water partition coefficient (Wildman–Crippen LogP) is 4.17. The number of hydrogen-bond acceptors (Lipinski definition) is 4. The average Bonchev–Trinajstić information content (AvgIpc) is 2.99. The monoisotopic (exact) mass is 417 g/mol. The molecule has 0 amide bonds. The van der Waals surface area contributed by atoms with Crippen LogP contribution in [0.3, 0.4) is 0 Å². The van der Waals surface area contributed by atoms with Gasteiger partial charge in [-0.25, -0.2) is 9.67 Å². The maximum absolute atomic E-state index is 12.7. The highest BCUT2D eigenvalue weighted by Crippen LogP contribution is 2.43. The normalized spacial score (nSPS) is 14.2. The number of alkyl halides is 3. The molecular weight excluding hydrogens is 398 g/mol. The van der Waals surface area contributed by atoms with Crippen LogP contribution in [0.1, 0.15) is 25.0 Å². The van der Waals surface area contributed by atoms with Crippen molar-refractivity contribution in [2.24, 2.45) is 0 Å². The lowest BCUT2D eigenvalue weighted by Crippen LogP contribution is -2.48. The van der Waals surface area contributed by atoms with Crippen molar-refractivity contribution in [1.82, 2.24) is 14.8 Å². The smallest absolute Gasteiger partial charge is 0.382 e. The lowest BCUT2D eigenvalue weighted by molar-refractivity contribution is -0.137. The number of benzene rings is 1. The van der Waals surface area contributed by atoms with Crippen molar-refractivity contribution in [3.8, 4) is 0 Å². The number of thioether (sulfide) groups is 1. The van der Waals surface area contributed by atoms with E-state index in [4.69, 9.17) is 0 Å². The Morgan fingerprint density at radius 3 is 2.00 bits per heavy atom. The fourth-order valence-electron chi connectivity index (χ4n) is 2.28. The van der Waals surface area contributed by atoms with Crippen LogP contribution >= 0.6 is 36.6 Å². The highest BCUT2D eigenvalue weighted by Gasteiger charge is 2.45. The molecule has 0 radical (unpaired) electrons. The zero-order chi connectivity index (χ0) is 17.3. The molecular formula is C15H20Cl2F3N3OS. The molecule has 1 heterocycles. The molecule has 0 aliphatic heterocycles. The van der Waals surface area contributed by atoms with Gasteiger partial charge in [0.15, 0.2) is 0 Å². The zero-order valence-electron chi connectivity index (χ0n) is 13.8. The SMILES string of the molecule is CSC(C)(C)C(O)(Cn1cncn1)c1ccc(C(F)(F)F)cc1.Cl.Cl. The minimum Gasteiger partial charge on any atom is -0.382 e. The Morgan fingerprint density at radius 2 is 1.60 bits per heavy atom. The number of nitrogens with zero attached hydrogens (tertiary/aromatic N) is 3. The van der Waals surface area contributed by atoms with Gasteiger partial charge in [0.2, 0.25) is 0 Å². The fraction of sp³-hybridized carbons (Fsp3) is 0.467. The summed E-state index contributed by atoms with van der Waals surface area (Å²) in [5, 5.41) is 15.3. The minimum absolute atomic E-state index is 0. The summed E-state index contributed by atoms with van der Waals surface area (Å²) in [4.78, 5) is 3.84. The van der Waals surface area contributed by atoms with E-state index in [0.717, 1.165) is 12.1 Å². The molecule has 10 heteroatoms. The van der Waals surface area contributed by atoms with Crippen LogP contribution in [0.15, 0.2) is 36.9 Å². The van der Waals surface area contributed by atoms with E-state index in [-0.39, 0.29) is 31.4 Å². The van der Waals surface area contributed by atoms with Gasteiger partial charge in [0.05, 0.1) is 12.1 Å². The summed E-state index contributed by atoms with van der Waals surface area (Å²) < 4.78 is 39.0. The maximum Gasteiger partial charge on any atom is 0.416 e. The third-order valence-corrected chi connectivity index (χ3v) is 5.41. The molecule has 142 valence electrons. The topological polar surface area (TPSA) is 50.9 Å². The maximum atomic E-state index is 12.7. The first kappa shape index (κ1) is 24.0. The van der Waals surface area contributed by atoms with Crippen LogP contribution in [-0.4, -0.2) is 30.9 Å². The van der Waals surface area contributed by atoms with Gasteiger partial charge in [-0.3, -0.25) is 0 Å². The zero-order valence-corrected chi connectivity index (χ0v) is 16.3. The summed E-state index contributed by atoms with van der Waals surface area (Å²) in [7, 11) is 0. The van der Waals surface area contributed by atoms with Crippen molar-refractivity contribution in [3.63, 3.8) is 0 Å². The summed E-state index contributed by atoms with van der Waals surface area (Å²) in [6.07, 6.45) is 0.249. The van der Waals surface area contributed by atoms with Gasteiger partial charge in [-0.2, -0.15) is 30.0 Å². The van der Waals surface area contributed by atoms with Gasteiger partial charge >= 0.3 is 6.18 Å². The molecule has 1 aromatic carbocycles. The van der Waals surface area contributed by atoms with Crippen LogP contribution < -0.4 is 0 Å². The van der Waals surface area contributed by atoms with Crippen LogP contribution in [0.25, 0.3) is 0 Å². The second-order valence-corrected chi connectivity index (χ2v) is 7.17. The number of hydrogen-bond donors (Lipinski definition) is 1. The summed E-state index contributed by atoms with van der Waals surface area (Å²) in [5.41, 5.74) is -1.75. The molecule has 4 nitrogen and oxygen atoms in total. The van der Waals surface area contributed by atoms with E-state index < -0.39 is 22.1 Å². The van der Waals surface area contributed by atoms with E-state index in [1.807, 2.05) is 20.1 Å². The predicted molar refractivity (Wildman–Crippen MR) is 97.5 cm³/mol. The first-order valence-electron chi connectivity index (χ1n) is 6.88. The van der Waals surface area contributed by atoms with E-state index >= 15 is 0 Å². The summed E-state index contributed by atoms with van der Waals surface area (Å²) in [6, 6.07) is 4.60. The third-order valence-electron chi connectivity index (χ3n) is 4.05. The van der Waals surface area contributed by atoms with E-state index in [1.165, 1.54) is 41.2 Å². The second-order valence-electron chi connectivity index (χ2n) is 5.74. The Kier molecular flexibility index (Phi) is 8.29. The molecule has 2 rings (SSSR count). The van der Waals surface area contributed by atoms with Crippen LogP contribution in [0.5, 0.6) is 0 Å². The van der Waals surface area contributed by atoms with Crippen molar-refractivity contribution in [2.45, 2.75) is 36.9 Å². The van der Waals surface area contributed by atoms with Gasteiger partial charge in [0.25, 0.3) is 0 Å². The Balaban J connectivity index is 0.00000288. The molecule has 0 fully saturated rings. The number of aromatic nitrogens is 3. The molecule has 0 aliphatic carbocycles. The van der Waals surface area contributed by atoms with Gasteiger partial charge < -0.3 is 5.11 Å². The van der Waals surface area contributed by atoms with E-state index in [1.54, 1.807) is 0 Å². The molecule has 1 aromatic heterocycles. The lowest BCUT2D eigenvalue weighted by Gasteiger charge is -2.42. The van der Waals surface area contributed by atoms with Crippen LogP contribution in [-0.2, 0) is 18.3 Å². The van der Waals surface area contributed by atoms with Gasteiger partial charge in [-0.15, -0.1) is 24.8 Å². The third kappa shape index (κ3) is 5.03. The van der Waals surface area contributed by atoms with Crippen LogP contribution in [0.4, 0.5) is 13.2 Å². The van der Waals surface area contributed by atoms with Gasteiger partial charge in [0.1, 0.15) is 18.3 Å². The Morgan fingerprint density at radius 1 is 1.08 bits per heavy atom. The lowest BCUT2D eigenvalue weighted by atomic mass is 9.82. The second kappa shape index (κ2) is 8.62. The molecule has 0 saturated carbocycles. The largest absolute Gasteiger partial charge is 0.416 e. The van der Waals surface area contributed by atoms with Crippen molar-refractivity contribution < 1.29 is 18.3 Å². The Labute approximate surface area is 161 Å². The van der Waals surface area contributed by atoms with Gasteiger partial charge in [0, 0.05) is 4.75 Å². The summed E-state index contributed by atoms with van der Waals surface area (Å²) in [6.45, 7) is 3.77. The van der Waals surface area contributed by atoms with E-state index in [0.29, 0.717) is 5.56 Å². The van der Waals surface area contributed by atoms with Crippen molar-refractivity contribution in [2.75, 3.05) is 6.26 Å². The van der Waals surface area contributed by atoms with Crippen molar-refractivity contribution in [3.05, 3.63) is 48.0 Å². The minimum atomic E-state index is -4.41. The fourth-order valence-corrected chi connectivity index (χ4v) is 2.80. The molecule has 0 aliphatic rings. The quantitative estimate of drug-likeness (QED) is 0.792. The molecule has 1 atom stereocenters. The molecule has 0 bridgehead atoms. The van der Waals surface area contributed by atoms with Crippen molar-refractivity contribution in [1.29, 1.82) is 0 Å². The van der Waals surface area contributed by atoms with E-state index in [9.17, 15) is 18.3 Å². The number of rotatable bonds is 5. The molecule has 1 unspecified atom stereocenters. The summed E-state index contributed by atoms with van der Waals surface area (Å²) in [5.74, 6) is 0. The van der Waals surface area contributed by atoms with Crippen LogP contribution in [0.2, 0.25) is 0 Å². The average molecular weight is 418 g/mol. The molecule has 0 spiro atoms. The molecule has 25 heavy (non-hydrogen) atoms. The molecule has 2 aromatic rings. The first-order chi connectivity index (χ1) is 10.6. The highest BCUT2D eigenvalue weighted by atomic mass is 35.5. The standard InChI is InChI=1S/C15H18F3N3OS.2ClH/c1-13(2,23-3)14(22,8-21-10-19-9-20-21)11-4-6-12(7-5-11)15(16,17)18;;/h4-7,9-10,22H,8H2,1-3H3;2*1H. The van der Waals surface area contributed by atoms with Gasteiger partial charge in [-0.05, 0) is 37.8 Å². The molecule has 0 saturated heterocycles. The first-order valence-corrected chi connectivity index (χ1v) is 8.10. The Bertz CT molecular complexity index is 651. The van der Waals surface area contributed by atoms with Crippen LogP contribution in [0, 0.1) is 0 Å². The summed E-state index contributed by atoms with van der Waals surface area (Å²) >= 11 is 1.43. The van der Waals surface area contributed by atoms with E-state index in [2.05, 4.69) is 10.1 Å². The Hall–Kier alpha value is -0.960. The van der Waals surface area contributed by atoms with Gasteiger partial charge in [-0.1, -0.05) is 12.1 Å².